The minimum Gasteiger partial charge on any atom is -0.465 e. The van der Waals surface area contributed by atoms with Crippen molar-refractivity contribution in [3.63, 3.8) is 0 Å². The van der Waals surface area contributed by atoms with Crippen LogP contribution in [0.3, 0.4) is 0 Å². The normalized spacial score (nSPS) is 23.9. The molecular weight excluding hydrogens is 298 g/mol. The number of hydrogen-bond acceptors (Lipinski definition) is 3. The summed E-state index contributed by atoms with van der Waals surface area (Å²) < 4.78 is 5.51. The first kappa shape index (κ1) is 19.3. The first-order chi connectivity index (χ1) is 11.7. The summed E-state index contributed by atoms with van der Waals surface area (Å²) in [7, 11) is 0. The zero-order valence-electron chi connectivity index (χ0n) is 15.7. The van der Waals surface area contributed by atoms with E-state index in [1.807, 2.05) is 6.92 Å². The summed E-state index contributed by atoms with van der Waals surface area (Å²) in [5.74, 6) is 0.664. The Morgan fingerprint density at radius 2 is 1.67 bits per heavy atom. The standard InChI is InChI=1S/C21H35NO2/c1-3-11-19(17-12-7-5-8-13-17)21(16-22,20(23)24-4-2)18-14-9-6-10-15-18/h17-19H,3-15H2,1-2H3. The van der Waals surface area contributed by atoms with Crippen LogP contribution >= 0.6 is 0 Å². The van der Waals surface area contributed by atoms with E-state index in [4.69, 9.17) is 4.74 Å². The van der Waals surface area contributed by atoms with Crippen LogP contribution in [0.2, 0.25) is 0 Å². The number of carbonyl (C=O) groups is 1. The van der Waals surface area contributed by atoms with Crippen molar-refractivity contribution in [3.8, 4) is 6.07 Å². The quantitative estimate of drug-likeness (QED) is 0.567. The van der Waals surface area contributed by atoms with E-state index in [1.165, 1.54) is 38.5 Å². The summed E-state index contributed by atoms with van der Waals surface area (Å²) in [5, 5.41) is 10.3. The summed E-state index contributed by atoms with van der Waals surface area (Å²) in [6, 6.07) is 2.58. The monoisotopic (exact) mass is 333 g/mol. The molecule has 3 heteroatoms. The summed E-state index contributed by atoms with van der Waals surface area (Å²) >= 11 is 0. The summed E-state index contributed by atoms with van der Waals surface area (Å²) in [6.07, 6.45) is 13.7. The minimum atomic E-state index is -0.908. The maximum atomic E-state index is 13.1. The number of esters is 1. The molecule has 2 saturated carbocycles. The molecule has 2 fully saturated rings. The molecule has 0 aliphatic heterocycles. The second-order valence-electron chi connectivity index (χ2n) is 7.83. The van der Waals surface area contributed by atoms with Crippen LogP contribution in [-0.2, 0) is 9.53 Å². The molecule has 0 amide bonds. The topological polar surface area (TPSA) is 50.1 Å². The number of carbonyl (C=O) groups excluding carboxylic acids is 1. The predicted octanol–water partition coefficient (Wildman–Crippen LogP) is 5.64. The van der Waals surface area contributed by atoms with E-state index in [0.717, 1.165) is 38.5 Å². The van der Waals surface area contributed by atoms with Crippen molar-refractivity contribution in [2.75, 3.05) is 6.61 Å². The molecule has 0 heterocycles. The molecule has 0 spiro atoms. The third kappa shape index (κ3) is 3.95. The van der Waals surface area contributed by atoms with Gasteiger partial charge in [-0.1, -0.05) is 64.7 Å². The molecule has 2 aliphatic carbocycles. The average Bonchev–Trinajstić information content (AvgIpc) is 2.64. The van der Waals surface area contributed by atoms with Crippen LogP contribution < -0.4 is 0 Å². The van der Waals surface area contributed by atoms with Crippen LogP contribution in [0.25, 0.3) is 0 Å². The lowest BCUT2D eigenvalue weighted by atomic mass is 9.57. The van der Waals surface area contributed by atoms with E-state index in [2.05, 4.69) is 13.0 Å². The first-order valence-electron chi connectivity index (χ1n) is 10.3. The number of nitriles is 1. The smallest absolute Gasteiger partial charge is 0.327 e. The predicted molar refractivity (Wildman–Crippen MR) is 96.2 cm³/mol. The Hall–Kier alpha value is -1.04. The van der Waals surface area contributed by atoms with Crippen molar-refractivity contribution in [2.24, 2.45) is 23.2 Å². The van der Waals surface area contributed by atoms with Crippen molar-refractivity contribution < 1.29 is 9.53 Å². The van der Waals surface area contributed by atoms with Crippen LogP contribution in [0.15, 0.2) is 0 Å². The number of nitrogens with zero attached hydrogens (tertiary/aromatic N) is 1. The highest BCUT2D eigenvalue weighted by Gasteiger charge is 2.55. The zero-order chi connectivity index (χ0) is 17.4. The fraction of sp³-hybridized carbons (Fsp3) is 0.905. The van der Waals surface area contributed by atoms with Gasteiger partial charge >= 0.3 is 5.97 Å². The lowest BCUT2D eigenvalue weighted by Crippen LogP contribution is -2.48. The van der Waals surface area contributed by atoms with Gasteiger partial charge in [-0.25, -0.2) is 0 Å². The molecular formula is C21H35NO2. The van der Waals surface area contributed by atoms with E-state index < -0.39 is 5.41 Å². The molecule has 0 bridgehead atoms. The Bertz CT molecular complexity index is 430. The lowest BCUT2D eigenvalue weighted by molar-refractivity contribution is -0.162. The van der Waals surface area contributed by atoms with E-state index in [9.17, 15) is 10.1 Å². The Morgan fingerprint density at radius 3 is 2.17 bits per heavy atom. The van der Waals surface area contributed by atoms with Crippen LogP contribution in [0.4, 0.5) is 0 Å². The molecule has 136 valence electrons. The third-order valence-corrected chi connectivity index (χ3v) is 6.45. The first-order valence-corrected chi connectivity index (χ1v) is 10.3. The van der Waals surface area contributed by atoms with Gasteiger partial charge in [0.25, 0.3) is 0 Å². The second kappa shape index (κ2) is 9.44. The highest BCUT2D eigenvalue weighted by atomic mass is 16.5. The van der Waals surface area contributed by atoms with Crippen LogP contribution in [0.1, 0.15) is 90.9 Å². The fourth-order valence-corrected chi connectivity index (χ4v) is 5.33. The summed E-state index contributed by atoms with van der Waals surface area (Å²) in [5.41, 5.74) is -0.908. The maximum absolute atomic E-state index is 13.1. The van der Waals surface area contributed by atoms with Gasteiger partial charge in [0.15, 0.2) is 5.41 Å². The molecule has 0 saturated heterocycles. The zero-order valence-corrected chi connectivity index (χ0v) is 15.7. The number of hydrogen-bond donors (Lipinski definition) is 0. The maximum Gasteiger partial charge on any atom is 0.327 e. The van der Waals surface area contributed by atoms with Gasteiger partial charge in [0.05, 0.1) is 12.7 Å². The Balaban J connectivity index is 2.38. The molecule has 0 aromatic rings. The molecule has 3 nitrogen and oxygen atoms in total. The van der Waals surface area contributed by atoms with Gasteiger partial charge in [-0.2, -0.15) is 5.26 Å². The van der Waals surface area contributed by atoms with Crippen molar-refractivity contribution in [2.45, 2.75) is 90.9 Å². The van der Waals surface area contributed by atoms with Gasteiger partial charge in [-0.3, -0.25) is 4.79 Å². The molecule has 2 atom stereocenters. The highest BCUT2D eigenvalue weighted by molar-refractivity contribution is 5.81. The van der Waals surface area contributed by atoms with Gasteiger partial charge in [0.2, 0.25) is 0 Å². The molecule has 0 aromatic heterocycles. The molecule has 24 heavy (non-hydrogen) atoms. The van der Waals surface area contributed by atoms with Crippen molar-refractivity contribution in [1.82, 2.24) is 0 Å². The highest BCUT2D eigenvalue weighted by Crippen LogP contribution is 2.51. The number of ether oxygens (including phenoxy) is 1. The van der Waals surface area contributed by atoms with Crippen molar-refractivity contribution in [1.29, 1.82) is 5.26 Å². The van der Waals surface area contributed by atoms with Crippen molar-refractivity contribution in [3.05, 3.63) is 0 Å². The van der Waals surface area contributed by atoms with Crippen LogP contribution in [0, 0.1) is 34.5 Å². The van der Waals surface area contributed by atoms with Gasteiger partial charge in [-0.05, 0) is 43.9 Å². The Morgan fingerprint density at radius 1 is 1.08 bits per heavy atom. The van der Waals surface area contributed by atoms with Crippen LogP contribution in [0.5, 0.6) is 0 Å². The van der Waals surface area contributed by atoms with Gasteiger partial charge in [-0.15, -0.1) is 0 Å². The van der Waals surface area contributed by atoms with E-state index in [-0.39, 0.29) is 17.8 Å². The molecule has 2 rings (SSSR count). The molecule has 0 radical (unpaired) electrons. The summed E-state index contributed by atoms with van der Waals surface area (Å²) in [6.45, 7) is 4.42. The van der Waals surface area contributed by atoms with Crippen LogP contribution in [-0.4, -0.2) is 12.6 Å². The van der Waals surface area contributed by atoms with Gasteiger partial charge in [0.1, 0.15) is 0 Å². The Labute approximate surface area is 148 Å². The summed E-state index contributed by atoms with van der Waals surface area (Å²) in [4.78, 5) is 13.1. The van der Waals surface area contributed by atoms with E-state index in [0.29, 0.717) is 12.5 Å². The van der Waals surface area contributed by atoms with Gasteiger partial charge < -0.3 is 4.74 Å². The largest absolute Gasteiger partial charge is 0.465 e. The SMILES string of the molecule is CCCC(C1CCCCC1)C(C#N)(C(=O)OCC)C1CCCCC1. The fourth-order valence-electron chi connectivity index (χ4n) is 5.33. The third-order valence-electron chi connectivity index (χ3n) is 6.45. The van der Waals surface area contributed by atoms with Gasteiger partial charge in [0, 0.05) is 0 Å². The lowest BCUT2D eigenvalue weighted by Gasteiger charge is -2.45. The molecule has 0 aromatic carbocycles. The molecule has 2 aliphatic rings. The Kier molecular flexibility index (Phi) is 7.59. The number of rotatable bonds is 7. The van der Waals surface area contributed by atoms with E-state index in [1.54, 1.807) is 0 Å². The molecule has 0 N–H and O–H groups in total. The molecule has 2 unspecified atom stereocenters. The average molecular weight is 334 g/mol. The second-order valence-corrected chi connectivity index (χ2v) is 7.83. The minimum absolute atomic E-state index is 0.176. The van der Waals surface area contributed by atoms with Crippen molar-refractivity contribution >= 4 is 5.97 Å². The van der Waals surface area contributed by atoms with E-state index >= 15 is 0 Å².